The van der Waals surface area contributed by atoms with Gasteiger partial charge >= 0.3 is 5.97 Å². The molecule has 2 fully saturated rings. The van der Waals surface area contributed by atoms with E-state index in [0.717, 1.165) is 37.1 Å². The molecule has 0 bridgehead atoms. The summed E-state index contributed by atoms with van der Waals surface area (Å²) in [6.45, 7) is 4.39. The van der Waals surface area contributed by atoms with Gasteiger partial charge < -0.3 is 19.3 Å². The zero-order valence-corrected chi connectivity index (χ0v) is 13.6. The molecule has 126 valence electrons. The summed E-state index contributed by atoms with van der Waals surface area (Å²) in [5, 5.41) is 10.3. The molecule has 2 heterocycles. The Hall–Kier alpha value is -2.34. The highest BCUT2D eigenvalue weighted by Gasteiger charge is 2.32. The second kappa shape index (κ2) is 5.63. The fraction of sp³-hybridized carbons (Fsp3) is 0.444. The molecule has 1 aromatic heterocycles. The highest BCUT2D eigenvalue weighted by Crippen LogP contribution is 2.41. The minimum absolute atomic E-state index is 0.135. The first-order chi connectivity index (χ1) is 11.6. The Labute approximate surface area is 139 Å². The average Bonchev–Trinajstić information content (AvgIpc) is 3.42. The normalized spacial score (nSPS) is 18.1. The molecule has 1 aliphatic carbocycles. The van der Waals surface area contributed by atoms with E-state index in [9.17, 15) is 14.7 Å². The second-order valence-electron chi connectivity index (χ2n) is 6.48. The predicted molar refractivity (Wildman–Crippen MR) is 91.2 cm³/mol. The van der Waals surface area contributed by atoms with E-state index in [2.05, 4.69) is 4.90 Å². The molecule has 1 aliphatic heterocycles. The van der Waals surface area contributed by atoms with Gasteiger partial charge in [-0.3, -0.25) is 4.79 Å². The Morgan fingerprint density at radius 1 is 1.25 bits per heavy atom. The van der Waals surface area contributed by atoms with Gasteiger partial charge in [-0.25, -0.2) is 4.79 Å². The van der Waals surface area contributed by atoms with Crippen LogP contribution in [-0.4, -0.2) is 41.9 Å². The first kappa shape index (κ1) is 15.2. The first-order valence-corrected chi connectivity index (χ1v) is 8.33. The Kier molecular flexibility index (Phi) is 3.57. The van der Waals surface area contributed by atoms with E-state index in [1.54, 1.807) is 13.0 Å². The van der Waals surface area contributed by atoms with E-state index in [0.29, 0.717) is 24.2 Å². The van der Waals surface area contributed by atoms with E-state index in [-0.39, 0.29) is 17.2 Å². The number of carboxylic acids is 1. The van der Waals surface area contributed by atoms with Crippen molar-refractivity contribution < 1.29 is 14.6 Å². The summed E-state index contributed by atoms with van der Waals surface area (Å²) >= 11 is 0. The number of aromatic nitrogens is 1. The molecule has 1 saturated heterocycles. The fourth-order valence-electron chi connectivity index (χ4n) is 3.59. The summed E-state index contributed by atoms with van der Waals surface area (Å²) in [5.41, 5.74) is 1.96. The molecule has 6 heteroatoms. The molecule has 2 aromatic rings. The number of pyridine rings is 1. The van der Waals surface area contributed by atoms with Crippen LogP contribution in [0.15, 0.2) is 23.0 Å². The van der Waals surface area contributed by atoms with Crippen molar-refractivity contribution in [2.75, 3.05) is 31.2 Å². The van der Waals surface area contributed by atoms with Crippen LogP contribution in [0.1, 0.15) is 34.9 Å². The van der Waals surface area contributed by atoms with E-state index in [1.807, 2.05) is 16.7 Å². The van der Waals surface area contributed by atoms with Crippen LogP contribution in [0.25, 0.3) is 10.9 Å². The number of carbonyl (C=O) groups is 1. The predicted octanol–water partition coefficient (Wildman–Crippen LogP) is 2.18. The summed E-state index contributed by atoms with van der Waals surface area (Å²) in [5.74, 6) is -1.03. The number of carboxylic acid groups (broad SMARTS) is 1. The Morgan fingerprint density at radius 2 is 1.96 bits per heavy atom. The first-order valence-electron chi connectivity index (χ1n) is 8.33. The summed E-state index contributed by atoms with van der Waals surface area (Å²) in [6.07, 6.45) is 1.91. The third kappa shape index (κ3) is 2.29. The number of rotatable bonds is 3. The van der Waals surface area contributed by atoms with Crippen LogP contribution in [0.3, 0.4) is 0 Å². The van der Waals surface area contributed by atoms with Gasteiger partial charge in [-0.2, -0.15) is 0 Å². The van der Waals surface area contributed by atoms with Crippen LogP contribution in [0.2, 0.25) is 0 Å². The van der Waals surface area contributed by atoms with Crippen molar-refractivity contribution in [1.29, 1.82) is 0 Å². The zero-order valence-electron chi connectivity index (χ0n) is 13.6. The number of benzene rings is 1. The van der Waals surface area contributed by atoms with Crippen LogP contribution in [0.4, 0.5) is 5.69 Å². The average molecular weight is 328 g/mol. The van der Waals surface area contributed by atoms with Crippen LogP contribution in [0, 0.1) is 6.92 Å². The third-order valence-electron chi connectivity index (χ3n) is 4.90. The minimum atomic E-state index is -1.03. The van der Waals surface area contributed by atoms with Crippen LogP contribution in [0.5, 0.6) is 0 Å². The number of fused-ring (bicyclic) bond motifs is 1. The third-order valence-corrected chi connectivity index (χ3v) is 4.90. The van der Waals surface area contributed by atoms with Crippen molar-refractivity contribution >= 4 is 22.6 Å². The summed E-state index contributed by atoms with van der Waals surface area (Å²) < 4.78 is 7.31. The molecule has 4 rings (SSSR count). The molecule has 6 nitrogen and oxygen atoms in total. The number of hydrogen-bond donors (Lipinski definition) is 1. The molecule has 24 heavy (non-hydrogen) atoms. The highest BCUT2D eigenvalue weighted by molar-refractivity contribution is 5.97. The van der Waals surface area contributed by atoms with Gasteiger partial charge in [0.15, 0.2) is 5.43 Å². The number of para-hydroxylation sites is 1. The molecule has 0 amide bonds. The van der Waals surface area contributed by atoms with Gasteiger partial charge in [0.05, 0.1) is 24.4 Å². The van der Waals surface area contributed by atoms with Gasteiger partial charge in [0.25, 0.3) is 0 Å². The number of morpholine rings is 1. The van der Waals surface area contributed by atoms with Gasteiger partial charge in [-0.1, -0.05) is 6.07 Å². The van der Waals surface area contributed by atoms with Crippen molar-refractivity contribution in [1.82, 2.24) is 4.57 Å². The van der Waals surface area contributed by atoms with Gasteiger partial charge in [0.1, 0.15) is 5.69 Å². The van der Waals surface area contributed by atoms with Crippen molar-refractivity contribution in [2.45, 2.75) is 25.8 Å². The smallest absolute Gasteiger partial charge is 0.352 e. The number of anilines is 1. The molecule has 0 atom stereocenters. The highest BCUT2D eigenvalue weighted by atomic mass is 16.5. The molecule has 1 saturated carbocycles. The van der Waals surface area contributed by atoms with Gasteiger partial charge in [0, 0.05) is 30.1 Å². The zero-order chi connectivity index (χ0) is 16.8. The standard InChI is InChI=1S/C18H20N2O4/c1-11-15(18(22)23)20(12-5-6-12)16-13(17(11)21)3-2-4-14(16)19-7-9-24-10-8-19/h2-4,12H,5-10H2,1H3,(H,22,23). The summed E-state index contributed by atoms with van der Waals surface area (Å²) in [6, 6.07) is 5.83. The number of nitrogens with zero attached hydrogens (tertiary/aromatic N) is 2. The monoisotopic (exact) mass is 328 g/mol. The van der Waals surface area contributed by atoms with E-state index >= 15 is 0 Å². The lowest BCUT2D eigenvalue weighted by molar-refractivity contribution is 0.0683. The molecular weight excluding hydrogens is 308 g/mol. The molecule has 0 spiro atoms. The van der Waals surface area contributed by atoms with Crippen molar-refractivity contribution in [3.63, 3.8) is 0 Å². The lowest BCUT2D eigenvalue weighted by Gasteiger charge is -2.31. The molecule has 1 aromatic carbocycles. The Balaban J connectivity index is 2.08. The van der Waals surface area contributed by atoms with Gasteiger partial charge in [-0.05, 0) is 31.9 Å². The number of aromatic carboxylic acids is 1. The Bertz CT molecular complexity index is 877. The van der Waals surface area contributed by atoms with Crippen LogP contribution in [-0.2, 0) is 4.74 Å². The number of hydrogen-bond acceptors (Lipinski definition) is 4. The van der Waals surface area contributed by atoms with Gasteiger partial charge in [0.2, 0.25) is 0 Å². The van der Waals surface area contributed by atoms with Crippen LogP contribution < -0.4 is 10.3 Å². The van der Waals surface area contributed by atoms with Gasteiger partial charge in [-0.15, -0.1) is 0 Å². The lowest BCUT2D eigenvalue weighted by Crippen LogP contribution is -2.37. The maximum absolute atomic E-state index is 12.8. The summed E-state index contributed by atoms with van der Waals surface area (Å²) in [4.78, 5) is 26.8. The van der Waals surface area contributed by atoms with E-state index < -0.39 is 5.97 Å². The molecule has 0 unspecified atom stereocenters. The molecule has 2 aliphatic rings. The van der Waals surface area contributed by atoms with E-state index in [1.165, 1.54) is 0 Å². The topological polar surface area (TPSA) is 71.8 Å². The molecule has 1 N–H and O–H groups in total. The maximum Gasteiger partial charge on any atom is 0.352 e. The molecular formula is C18H20N2O4. The largest absolute Gasteiger partial charge is 0.477 e. The summed E-state index contributed by atoms with van der Waals surface area (Å²) in [7, 11) is 0. The van der Waals surface area contributed by atoms with E-state index in [4.69, 9.17) is 4.74 Å². The second-order valence-corrected chi connectivity index (χ2v) is 6.48. The quantitative estimate of drug-likeness (QED) is 0.935. The Morgan fingerprint density at radius 3 is 2.58 bits per heavy atom. The lowest BCUT2D eigenvalue weighted by atomic mass is 10.1. The number of ether oxygens (including phenoxy) is 1. The van der Waals surface area contributed by atoms with Crippen molar-refractivity contribution in [3.8, 4) is 0 Å². The fourth-order valence-corrected chi connectivity index (χ4v) is 3.59. The van der Waals surface area contributed by atoms with Crippen molar-refractivity contribution in [2.24, 2.45) is 0 Å². The minimum Gasteiger partial charge on any atom is -0.477 e. The molecule has 0 radical (unpaired) electrons. The van der Waals surface area contributed by atoms with Crippen LogP contribution >= 0.6 is 0 Å². The maximum atomic E-state index is 12.8. The SMILES string of the molecule is Cc1c(C(=O)O)n(C2CC2)c2c(N3CCOCC3)cccc2c1=O. The van der Waals surface area contributed by atoms with Crippen molar-refractivity contribution in [3.05, 3.63) is 39.7 Å².